The van der Waals surface area contributed by atoms with Crippen molar-refractivity contribution in [3.05, 3.63) is 30.3 Å². The lowest BCUT2D eigenvalue weighted by atomic mass is 9.99. The van der Waals surface area contributed by atoms with Crippen LogP contribution >= 0.6 is 23.4 Å². The van der Waals surface area contributed by atoms with Gasteiger partial charge in [-0.15, -0.1) is 23.4 Å². The Morgan fingerprint density at radius 2 is 2.00 bits per heavy atom. The van der Waals surface area contributed by atoms with E-state index in [9.17, 15) is 4.79 Å². The molecule has 0 aliphatic rings. The highest BCUT2D eigenvalue weighted by Crippen LogP contribution is 2.24. The van der Waals surface area contributed by atoms with E-state index in [0.717, 1.165) is 5.75 Å². The average Bonchev–Trinajstić information content (AvgIpc) is 2.39. The SMILES string of the molecule is CC(C)[C@H](COC(=O)CCl)CSc1ccccc1. The standard InChI is InChI=1S/C14H19ClO2S/c1-11(2)12(9-17-14(16)8-15)10-18-13-6-4-3-5-7-13/h3-7,11-12H,8-10H2,1-2H3/t12-/m1/s1. The first-order valence-electron chi connectivity index (χ1n) is 6.03. The molecule has 0 saturated carbocycles. The summed E-state index contributed by atoms with van der Waals surface area (Å²) in [7, 11) is 0. The van der Waals surface area contributed by atoms with E-state index in [2.05, 4.69) is 26.0 Å². The number of halogens is 1. The Morgan fingerprint density at radius 3 is 2.56 bits per heavy atom. The third-order valence-electron chi connectivity index (χ3n) is 2.72. The van der Waals surface area contributed by atoms with Crippen molar-refractivity contribution in [1.82, 2.24) is 0 Å². The van der Waals surface area contributed by atoms with Crippen molar-refractivity contribution in [2.45, 2.75) is 18.7 Å². The van der Waals surface area contributed by atoms with Gasteiger partial charge in [-0.2, -0.15) is 0 Å². The Balaban J connectivity index is 2.41. The smallest absolute Gasteiger partial charge is 0.320 e. The molecule has 2 nitrogen and oxygen atoms in total. The fourth-order valence-electron chi connectivity index (χ4n) is 1.39. The molecule has 0 amide bonds. The largest absolute Gasteiger partial charge is 0.464 e. The number of esters is 1. The first-order chi connectivity index (χ1) is 8.63. The minimum absolute atomic E-state index is 0.0728. The summed E-state index contributed by atoms with van der Waals surface area (Å²) in [5, 5.41) is 0. The Bertz CT molecular complexity index is 354. The number of ether oxygens (including phenoxy) is 1. The molecule has 18 heavy (non-hydrogen) atoms. The van der Waals surface area contributed by atoms with Crippen molar-refractivity contribution in [3.8, 4) is 0 Å². The zero-order chi connectivity index (χ0) is 13.4. The predicted octanol–water partition coefficient (Wildman–Crippen LogP) is 3.83. The number of benzene rings is 1. The van der Waals surface area contributed by atoms with Gasteiger partial charge >= 0.3 is 5.97 Å². The maximum Gasteiger partial charge on any atom is 0.320 e. The van der Waals surface area contributed by atoms with Crippen LogP contribution in [0.15, 0.2) is 35.2 Å². The molecular weight excluding hydrogens is 268 g/mol. The van der Waals surface area contributed by atoms with Crippen LogP contribution in [0, 0.1) is 11.8 Å². The van der Waals surface area contributed by atoms with Gasteiger partial charge in [-0.1, -0.05) is 32.0 Å². The second kappa shape index (κ2) is 8.44. The topological polar surface area (TPSA) is 26.3 Å². The molecule has 0 aromatic heterocycles. The number of alkyl halides is 1. The van der Waals surface area contributed by atoms with Gasteiger partial charge in [-0.05, 0) is 18.1 Å². The van der Waals surface area contributed by atoms with Crippen molar-refractivity contribution in [2.24, 2.45) is 11.8 Å². The zero-order valence-corrected chi connectivity index (χ0v) is 12.3. The lowest BCUT2D eigenvalue weighted by molar-refractivity contribution is -0.142. The fourth-order valence-corrected chi connectivity index (χ4v) is 2.71. The molecule has 0 radical (unpaired) electrons. The van der Waals surface area contributed by atoms with Crippen molar-refractivity contribution in [3.63, 3.8) is 0 Å². The molecule has 0 aliphatic carbocycles. The van der Waals surface area contributed by atoms with Gasteiger partial charge in [0.15, 0.2) is 0 Å². The van der Waals surface area contributed by atoms with Crippen LogP contribution < -0.4 is 0 Å². The number of rotatable bonds is 7. The summed E-state index contributed by atoms with van der Waals surface area (Å²) >= 11 is 7.20. The molecule has 1 atom stereocenters. The second-order valence-electron chi connectivity index (χ2n) is 4.44. The first-order valence-corrected chi connectivity index (χ1v) is 7.55. The summed E-state index contributed by atoms with van der Waals surface area (Å²) < 4.78 is 5.12. The van der Waals surface area contributed by atoms with Crippen LogP contribution in [0.25, 0.3) is 0 Å². The van der Waals surface area contributed by atoms with Crippen molar-refractivity contribution in [2.75, 3.05) is 18.2 Å². The molecule has 0 saturated heterocycles. The summed E-state index contributed by atoms with van der Waals surface area (Å²) in [6.07, 6.45) is 0. The van der Waals surface area contributed by atoms with Crippen LogP contribution in [0.2, 0.25) is 0 Å². The summed E-state index contributed by atoms with van der Waals surface area (Å²) in [5.74, 6) is 1.35. The molecule has 0 N–H and O–H groups in total. The third kappa shape index (κ3) is 5.78. The van der Waals surface area contributed by atoms with Gasteiger partial charge in [0.05, 0.1) is 6.61 Å². The van der Waals surface area contributed by atoms with E-state index in [1.54, 1.807) is 11.8 Å². The van der Waals surface area contributed by atoms with Gasteiger partial charge < -0.3 is 4.74 Å². The van der Waals surface area contributed by atoms with E-state index in [0.29, 0.717) is 18.4 Å². The second-order valence-corrected chi connectivity index (χ2v) is 5.81. The fraction of sp³-hybridized carbons (Fsp3) is 0.500. The number of carbonyl (C=O) groups excluding carboxylic acids is 1. The van der Waals surface area contributed by atoms with Crippen molar-refractivity contribution in [1.29, 1.82) is 0 Å². The van der Waals surface area contributed by atoms with E-state index < -0.39 is 0 Å². The number of hydrogen-bond acceptors (Lipinski definition) is 3. The molecule has 0 bridgehead atoms. The van der Waals surface area contributed by atoms with E-state index in [-0.39, 0.29) is 11.8 Å². The highest BCUT2D eigenvalue weighted by atomic mass is 35.5. The lowest BCUT2D eigenvalue weighted by Gasteiger charge is -2.20. The lowest BCUT2D eigenvalue weighted by Crippen LogP contribution is -2.21. The monoisotopic (exact) mass is 286 g/mol. The van der Waals surface area contributed by atoms with Crippen LogP contribution in [0.1, 0.15) is 13.8 Å². The normalized spacial score (nSPS) is 12.4. The highest BCUT2D eigenvalue weighted by molar-refractivity contribution is 7.99. The van der Waals surface area contributed by atoms with Gasteiger partial charge in [-0.25, -0.2) is 0 Å². The number of thioether (sulfide) groups is 1. The number of hydrogen-bond donors (Lipinski definition) is 0. The zero-order valence-electron chi connectivity index (χ0n) is 10.8. The average molecular weight is 287 g/mol. The minimum Gasteiger partial charge on any atom is -0.464 e. The van der Waals surface area contributed by atoms with E-state index in [1.165, 1.54) is 4.90 Å². The van der Waals surface area contributed by atoms with Gasteiger partial charge in [0.25, 0.3) is 0 Å². The van der Waals surface area contributed by atoms with E-state index >= 15 is 0 Å². The van der Waals surface area contributed by atoms with Crippen LogP contribution in [-0.4, -0.2) is 24.2 Å². The number of carbonyl (C=O) groups is 1. The van der Waals surface area contributed by atoms with Crippen LogP contribution in [0.3, 0.4) is 0 Å². The molecule has 0 fully saturated rings. The summed E-state index contributed by atoms with van der Waals surface area (Å²) in [4.78, 5) is 12.3. The predicted molar refractivity (Wildman–Crippen MR) is 77.2 cm³/mol. The van der Waals surface area contributed by atoms with Crippen LogP contribution in [-0.2, 0) is 9.53 Å². The van der Waals surface area contributed by atoms with Crippen LogP contribution in [0.4, 0.5) is 0 Å². The van der Waals surface area contributed by atoms with Crippen molar-refractivity contribution < 1.29 is 9.53 Å². The molecule has 0 aliphatic heterocycles. The van der Waals surface area contributed by atoms with Gasteiger partial charge in [0.1, 0.15) is 5.88 Å². The van der Waals surface area contributed by atoms with Crippen molar-refractivity contribution >= 4 is 29.3 Å². The molecular formula is C14H19ClO2S. The van der Waals surface area contributed by atoms with Gasteiger partial charge in [0.2, 0.25) is 0 Å². The maximum absolute atomic E-state index is 11.1. The maximum atomic E-state index is 11.1. The molecule has 0 spiro atoms. The molecule has 1 rings (SSSR count). The summed E-state index contributed by atoms with van der Waals surface area (Å²) in [5.41, 5.74) is 0. The van der Waals surface area contributed by atoms with E-state index in [1.807, 2.05) is 18.2 Å². The molecule has 1 aromatic rings. The third-order valence-corrected chi connectivity index (χ3v) is 4.14. The molecule has 0 heterocycles. The Kier molecular flexibility index (Phi) is 7.21. The van der Waals surface area contributed by atoms with Gasteiger partial charge in [-0.3, -0.25) is 4.79 Å². The minimum atomic E-state index is -0.341. The van der Waals surface area contributed by atoms with E-state index in [4.69, 9.17) is 16.3 Å². The first kappa shape index (κ1) is 15.4. The van der Waals surface area contributed by atoms with Crippen LogP contribution in [0.5, 0.6) is 0 Å². The summed E-state index contributed by atoms with van der Waals surface area (Å²) in [6, 6.07) is 10.2. The molecule has 1 aromatic carbocycles. The Labute approximate surface area is 118 Å². The summed E-state index contributed by atoms with van der Waals surface area (Å²) in [6.45, 7) is 4.73. The Hall–Kier alpha value is -0.670. The Morgan fingerprint density at radius 1 is 1.33 bits per heavy atom. The molecule has 0 unspecified atom stereocenters. The molecule has 4 heteroatoms. The molecule has 100 valence electrons. The van der Waals surface area contributed by atoms with Gasteiger partial charge in [0, 0.05) is 16.6 Å². The quantitative estimate of drug-likeness (QED) is 0.433. The highest BCUT2D eigenvalue weighted by Gasteiger charge is 2.16.